The second-order valence-electron chi connectivity index (χ2n) is 7.92. The highest BCUT2D eigenvalue weighted by Crippen LogP contribution is 2.35. The van der Waals surface area contributed by atoms with Crippen molar-refractivity contribution >= 4 is 0 Å². The number of nitrogens with zero attached hydrogens (tertiary/aromatic N) is 1. The zero-order chi connectivity index (χ0) is 18.9. The molecule has 0 heterocycles. The van der Waals surface area contributed by atoms with Gasteiger partial charge >= 0.3 is 0 Å². The Morgan fingerprint density at radius 1 is 0.852 bits per heavy atom. The molecule has 1 saturated carbocycles. The van der Waals surface area contributed by atoms with Crippen molar-refractivity contribution in [3.63, 3.8) is 0 Å². The monoisotopic (exact) mass is 367 g/mol. The molecule has 146 valence electrons. The second kappa shape index (κ2) is 10.6. The maximum Gasteiger partial charge on any atom is 0.107 e. The van der Waals surface area contributed by atoms with Crippen molar-refractivity contribution in [1.29, 1.82) is 0 Å². The van der Waals surface area contributed by atoms with Crippen molar-refractivity contribution in [2.24, 2.45) is 0 Å². The molecule has 2 heteroatoms. The number of hydrogen-bond donors (Lipinski definition) is 0. The Morgan fingerprint density at radius 3 is 2.26 bits per heavy atom. The van der Waals surface area contributed by atoms with E-state index in [-0.39, 0.29) is 5.92 Å². The Bertz CT molecular complexity index is 652. The van der Waals surface area contributed by atoms with Crippen LogP contribution < -0.4 is 0 Å². The van der Waals surface area contributed by atoms with E-state index in [2.05, 4.69) is 66.4 Å². The molecular formula is C25H34FN. The van der Waals surface area contributed by atoms with Gasteiger partial charge in [0.25, 0.3) is 0 Å². The van der Waals surface area contributed by atoms with Gasteiger partial charge in [-0.25, -0.2) is 4.39 Å². The summed E-state index contributed by atoms with van der Waals surface area (Å²) in [5, 5.41) is 0. The second-order valence-corrected chi connectivity index (χ2v) is 7.92. The normalized spacial score (nSPS) is 20.1. The minimum Gasteiger partial charge on any atom is -0.303 e. The molecule has 0 aliphatic heterocycles. The maximum atomic E-state index is 14.2. The highest BCUT2D eigenvalue weighted by Gasteiger charge is 2.25. The molecule has 2 aromatic carbocycles. The van der Waals surface area contributed by atoms with Crippen molar-refractivity contribution < 1.29 is 4.39 Å². The molecule has 0 spiro atoms. The number of likely N-dealkylation sites (N-methyl/N-ethyl adjacent to an activating group) is 1. The lowest BCUT2D eigenvalue weighted by Gasteiger charge is -2.26. The first-order valence-electron chi connectivity index (χ1n) is 10.8. The lowest BCUT2D eigenvalue weighted by Crippen LogP contribution is -2.27. The zero-order valence-corrected chi connectivity index (χ0v) is 16.7. The van der Waals surface area contributed by atoms with Gasteiger partial charge in [-0.05, 0) is 61.9 Å². The fourth-order valence-corrected chi connectivity index (χ4v) is 4.26. The van der Waals surface area contributed by atoms with E-state index in [0.717, 1.165) is 51.7 Å². The summed E-state index contributed by atoms with van der Waals surface area (Å²) in [4.78, 5) is 2.54. The molecule has 1 nitrogen and oxygen atoms in total. The topological polar surface area (TPSA) is 3.24 Å². The quantitative estimate of drug-likeness (QED) is 0.511. The summed E-state index contributed by atoms with van der Waals surface area (Å²) in [6.07, 6.45) is 6.72. The Balaban J connectivity index is 1.42. The van der Waals surface area contributed by atoms with Gasteiger partial charge in [0.1, 0.15) is 6.17 Å². The van der Waals surface area contributed by atoms with Crippen molar-refractivity contribution in [1.82, 2.24) is 4.90 Å². The number of hydrogen-bond acceptors (Lipinski definition) is 1. The van der Waals surface area contributed by atoms with Crippen LogP contribution in [0.2, 0.25) is 0 Å². The molecule has 0 aromatic heterocycles. The van der Waals surface area contributed by atoms with Crippen LogP contribution in [0.3, 0.4) is 0 Å². The van der Waals surface area contributed by atoms with E-state index in [9.17, 15) is 4.39 Å². The molecule has 0 amide bonds. The van der Waals surface area contributed by atoms with E-state index in [1.54, 1.807) is 0 Å². The van der Waals surface area contributed by atoms with E-state index in [0.29, 0.717) is 0 Å². The SMILES string of the molecule is CCN(CCCc1ccc(C2CCCCC2F)cc1)CCc1ccccc1. The van der Waals surface area contributed by atoms with Gasteiger partial charge in [-0.2, -0.15) is 0 Å². The lowest BCUT2D eigenvalue weighted by atomic mass is 9.82. The predicted octanol–water partition coefficient (Wildman–Crippen LogP) is 6.18. The summed E-state index contributed by atoms with van der Waals surface area (Å²) in [6.45, 7) is 5.61. The highest BCUT2D eigenvalue weighted by molar-refractivity contribution is 5.26. The molecule has 0 saturated heterocycles. The maximum absolute atomic E-state index is 14.2. The van der Waals surface area contributed by atoms with Gasteiger partial charge in [-0.1, -0.05) is 74.4 Å². The zero-order valence-electron chi connectivity index (χ0n) is 16.7. The first-order valence-corrected chi connectivity index (χ1v) is 10.8. The van der Waals surface area contributed by atoms with Crippen LogP contribution in [0.15, 0.2) is 54.6 Å². The molecule has 27 heavy (non-hydrogen) atoms. The summed E-state index contributed by atoms with van der Waals surface area (Å²) in [5.74, 6) is 0.126. The van der Waals surface area contributed by atoms with E-state index in [1.165, 1.54) is 29.5 Å². The minimum atomic E-state index is -0.646. The Hall–Kier alpha value is -1.67. The third kappa shape index (κ3) is 6.17. The molecule has 0 bridgehead atoms. The van der Waals surface area contributed by atoms with Gasteiger partial charge in [-0.15, -0.1) is 0 Å². The molecule has 1 aliphatic carbocycles. The van der Waals surface area contributed by atoms with Crippen molar-refractivity contribution in [3.05, 3.63) is 71.3 Å². The molecule has 3 rings (SSSR count). The Labute approximate surface area is 164 Å². The molecule has 2 atom stereocenters. The number of halogens is 1. The first-order chi connectivity index (χ1) is 13.3. The van der Waals surface area contributed by atoms with E-state index < -0.39 is 6.17 Å². The average molecular weight is 368 g/mol. The standard InChI is InChI=1S/C25H34FN/c1-2-27(20-18-21-9-4-3-5-10-21)19-8-11-22-14-16-23(17-15-22)24-12-6-7-13-25(24)26/h3-5,9-10,14-17,24-25H,2,6-8,11-13,18-20H2,1H3. The smallest absolute Gasteiger partial charge is 0.107 e. The van der Waals surface area contributed by atoms with Gasteiger partial charge in [0.05, 0.1) is 0 Å². The summed E-state index contributed by atoms with van der Waals surface area (Å²) < 4.78 is 14.2. The number of benzene rings is 2. The lowest BCUT2D eigenvalue weighted by molar-refractivity contribution is 0.216. The third-order valence-electron chi connectivity index (χ3n) is 6.04. The fraction of sp³-hybridized carbons (Fsp3) is 0.520. The third-order valence-corrected chi connectivity index (χ3v) is 6.04. The Morgan fingerprint density at radius 2 is 1.56 bits per heavy atom. The van der Waals surface area contributed by atoms with Gasteiger partial charge < -0.3 is 4.90 Å². The van der Waals surface area contributed by atoms with Crippen molar-refractivity contribution in [2.75, 3.05) is 19.6 Å². The summed E-state index contributed by atoms with van der Waals surface area (Å²) in [7, 11) is 0. The van der Waals surface area contributed by atoms with Crippen LogP contribution in [0, 0.1) is 0 Å². The van der Waals surface area contributed by atoms with E-state index >= 15 is 0 Å². The molecular weight excluding hydrogens is 333 g/mol. The van der Waals surface area contributed by atoms with Gasteiger partial charge in [-0.3, -0.25) is 0 Å². The van der Waals surface area contributed by atoms with Gasteiger partial charge in [0, 0.05) is 12.5 Å². The van der Waals surface area contributed by atoms with Crippen molar-refractivity contribution in [2.45, 2.75) is 64.0 Å². The number of aryl methyl sites for hydroxylation is 1. The summed E-state index contributed by atoms with van der Waals surface area (Å²) in [6, 6.07) is 19.5. The Kier molecular flexibility index (Phi) is 7.89. The molecule has 1 aliphatic rings. The van der Waals surface area contributed by atoms with Crippen LogP contribution in [-0.2, 0) is 12.8 Å². The fourth-order valence-electron chi connectivity index (χ4n) is 4.26. The summed E-state index contributed by atoms with van der Waals surface area (Å²) in [5.41, 5.74) is 3.99. The van der Waals surface area contributed by atoms with Crippen LogP contribution >= 0.6 is 0 Å². The van der Waals surface area contributed by atoms with Crippen LogP contribution in [0.1, 0.15) is 61.6 Å². The van der Waals surface area contributed by atoms with E-state index in [1.807, 2.05) is 0 Å². The van der Waals surface area contributed by atoms with Crippen LogP contribution in [0.4, 0.5) is 4.39 Å². The highest BCUT2D eigenvalue weighted by atomic mass is 19.1. The van der Waals surface area contributed by atoms with Crippen molar-refractivity contribution in [3.8, 4) is 0 Å². The number of rotatable bonds is 9. The van der Waals surface area contributed by atoms with Crippen LogP contribution in [0.25, 0.3) is 0 Å². The molecule has 0 N–H and O–H groups in total. The minimum absolute atomic E-state index is 0.126. The number of alkyl halides is 1. The van der Waals surface area contributed by atoms with Crippen LogP contribution in [-0.4, -0.2) is 30.7 Å². The molecule has 0 radical (unpaired) electrons. The molecule has 2 unspecified atom stereocenters. The van der Waals surface area contributed by atoms with Crippen LogP contribution in [0.5, 0.6) is 0 Å². The first kappa shape index (κ1) is 20.1. The van der Waals surface area contributed by atoms with Gasteiger partial charge in [0.2, 0.25) is 0 Å². The summed E-state index contributed by atoms with van der Waals surface area (Å²) >= 11 is 0. The molecule has 1 fully saturated rings. The molecule has 2 aromatic rings. The largest absolute Gasteiger partial charge is 0.303 e. The van der Waals surface area contributed by atoms with E-state index in [4.69, 9.17) is 0 Å². The predicted molar refractivity (Wildman–Crippen MR) is 113 cm³/mol. The average Bonchev–Trinajstić information content (AvgIpc) is 2.72. The van der Waals surface area contributed by atoms with Gasteiger partial charge in [0.15, 0.2) is 0 Å².